The number of rotatable bonds is 5. The third-order valence-electron chi connectivity index (χ3n) is 2.32. The van der Waals surface area contributed by atoms with Crippen LogP contribution in [-0.2, 0) is 0 Å². The van der Waals surface area contributed by atoms with Gasteiger partial charge in [-0.25, -0.2) is 0 Å². The molecule has 0 spiro atoms. The predicted octanol–water partition coefficient (Wildman–Crippen LogP) is 3.93. The maximum absolute atomic E-state index is 12.5. The number of hydrogen-bond acceptors (Lipinski definition) is 2. The third-order valence-corrected chi connectivity index (χ3v) is 2.56. The average molecular weight is 280 g/mol. The van der Waals surface area contributed by atoms with Gasteiger partial charge in [0.25, 0.3) is 0 Å². The monoisotopic (exact) mass is 279 g/mol. The Hall–Kier alpha value is -1.23. The molecule has 100 valence electrons. The lowest BCUT2D eigenvalue weighted by atomic mass is 10.1. The van der Waals surface area contributed by atoms with E-state index in [1.165, 1.54) is 18.2 Å². The molecule has 0 saturated heterocycles. The van der Waals surface area contributed by atoms with Crippen molar-refractivity contribution in [3.63, 3.8) is 0 Å². The van der Waals surface area contributed by atoms with Crippen molar-refractivity contribution in [3.05, 3.63) is 28.8 Å². The summed E-state index contributed by atoms with van der Waals surface area (Å²) in [7, 11) is 0. The van der Waals surface area contributed by atoms with Gasteiger partial charge in [0.15, 0.2) is 6.29 Å². The molecule has 0 aromatic heterocycles. The maximum Gasteiger partial charge on any atom is 0.405 e. The second-order valence-electron chi connectivity index (χ2n) is 3.86. The number of hydrogen-bond donors (Lipinski definition) is 0. The lowest BCUT2D eigenvalue weighted by molar-refractivity contribution is -0.119. The molecule has 1 aromatic rings. The highest BCUT2D eigenvalue weighted by molar-refractivity contribution is 6.31. The molecule has 1 rings (SSSR count). The van der Waals surface area contributed by atoms with E-state index in [4.69, 9.17) is 11.6 Å². The summed E-state index contributed by atoms with van der Waals surface area (Å²) < 4.78 is 37.5. The average Bonchev–Trinajstić information content (AvgIpc) is 2.26. The number of halogens is 4. The first kappa shape index (κ1) is 14.8. The van der Waals surface area contributed by atoms with Crippen LogP contribution in [0.25, 0.3) is 0 Å². The SMILES string of the molecule is CCCN(CC(F)(F)F)c1cc(Cl)ccc1C=O. The van der Waals surface area contributed by atoms with Crippen LogP contribution in [0.4, 0.5) is 18.9 Å². The Morgan fingerprint density at radius 1 is 1.39 bits per heavy atom. The molecule has 0 saturated carbocycles. The van der Waals surface area contributed by atoms with Crippen LogP contribution in [0.5, 0.6) is 0 Å². The van der Waals surface area contributed by atoms with E-state index in [0.717, 1.165) is 4.90 Å². The first-order valence-electron chi connectivity index (χ1n) is 5.44. The Balaban J connectivity index is 3.11. The van der Waals surface area contributed by atoms with E-state index < -0.39 is 12.7 Å². The molecule has 0 heterocycles. The maximum atomic E-state index is 12.5. The fourth-order valence-corrected chi connectivity index (χ4v) is 1.83. The molecular weight excluding hydrogens is 267 g/mol. The van der Waals surface area contributed by atoms with Gasteiger partial charge in [0, 0.05) is 22.8 Å². The zero-order chi connectivity index (χ0) is 13.8. The van der Waals surface area contributed by atoms with Gasteiger partial charge in [-0.1, -0.05) is 18.5 Å². The van der Waals surface area contributed by atoms with E-state index in [1.54, 1.807) is 6.92 Å². The summed E-state index contributed by atoms with van der Waals surface area (Å²) in [6.45, 7) is 0.886. The summed E-state index contributed by atoms with van der Waals surface area (Å²) in [5, 5.41) is 0.305. The van der Waals surface area contributed by atoms with Gasteiger partial charge < -0.3 is 4.90 Å². The highest BCUT2D eigenvalue weighted by Gasteiger charge is 2.31. The topological polar surface area (TPSA) is 20.3 Å². The summed E-state index contributed by atoms with van der Waals surface area (Å²) in [6, 6.07) is 4.28. The van der Waals surface area contributed by atoms with E-state index in [0.29, 0.717) is 17.7 Å². The predicted molar refractivity (Wildman–Crippen MR) is 65.4 cm³/mol. The molecule has 0 aliphatic heterocycles. The summed E-state index contributed by atoms with van der Waals surface area (Å²) in [4.78, 5) is 12.0. The van der Waals surface area contributed by atoms with E-state index in [-0.39, 0.29) is 17.8 Å². The van der Waals surface area contributed by atoms with Crippen molar-refractivity contribution >= 4 is 23.6 Å². The number of carbonyl (C=O) groups excluding carboxylic acids is 1. The molecule has 0 atom stereocenters. The van der Waals surface area contributed by atoms with Crippen LogP contribution in [0.2, 0.25) is 5.02 Å². The van der Waals surface area contributed by atoms with Crippen LogP contribution in [0.1, 0.15) is 23.7 Å². The van der Waals surface area contributed by atoms with Gasteiger partial charge >= 0.3 is 6.18 Å². The Morgan fingerprint density at radius 2 is 2.06 bits per heavy atom. The molecule has 0 unspecified atom stereocenters. The van der Waals surface area contributed by atoms with E-state index >= 15 is 0 Å². The highest BCUT2D eigenvalue weighted by Crippen LogP contribution is 2.27. The molecule has 0 aliphatic carbocycles. The largest absolute Gasteiger partial charge is 0.405 e. The number of alkyl halides is 3. The van der Waals surface area contributed by atoms with E-state index in [2.05, 4.69) is 0 Å². The quantitative estimate of drug-likeness (QED) is 0.761. The van der Waals surface area contributed by atoms with Crippen LogP contribution in [0.3, 0.4) is 0 Å². The van der Waals surface area contributed by atoms with Crippen molar-refractivity contribution in [2.45, 2.75) is 19.5 Å². The third kappa shape index (κ3) is 4.22. The zero-order valence-electron chi connectivity index (χ0n) is 9.80. The fourth-order valence-electron chi connectivity index (χ4n) is 1.66. The van der Waals surface area contributed by atoms with Gasteiger partial charge in [0.05, 0.1) is 0 Å². The number of aldehydes is 1. The van der Waals surface area contributed by atoms with Gasteiger partial charge in [0.2, 0.25) is 0 Å². The fraction of sp³-hybridized carbons (Fsp3) is 0.417. The zero-order valence-corrected chi connectivity index (χ0v) is 10.6. The Kier molecular flexibility index (Phi) is 5.02. The summed E-state index contributed by atoms with van der Waals surface area (Å²) in [6.07, 6.45) is -3.25. The molecule has 0 fully saturated rings. The van der Waals surface area contributed by atoms with Gasteiger partial charge in [-0.05, 0) is 24.6 Å². The number of carbonyl (C=O) groups is 1. The van der Waals surface area contributed by atoms with Crippen molar-refractivity contribution in [2.75, 3.05) is 18.0 Å². The molecule has 18 heavy (non-hydrogen) atoms. The van der Waals surface area contributed by atoms with Crippen LogP contribution < -0.4 is 4.90 Å². The Morgan fingerprint density at radius 3 is 2.56 bits per heavy atom. The van der Waals surface area contributed by atoms with Crippen molar-refractivity contribution in [1.29, 1.82) is 0 Å². The molecule has 0 bridgehead atoms. The van der Waals surface area contributed by atoms with Crippen molar-refractivity contribution in [1.82, 2.24) is 0 Å². The molecule has 0 amide bonds. The number of anilines is 1. The minimum absolute atomic E-state index is 0.206. The molecule has 2 nitrogen and oxygen atoms in total. The second kappa shape index (κ2) is 6.09. The number of benzene rings is 1. The van der Waals surface area contributed by atoms with Crippen molar-refractivity contribution in [3.8, 4) is 0 Å². The number of nitrogens with zero attached hydrogens (tertiary/aromatic N) is 1. The molecule has 0 radical (unpaired) electrons. The van der Waals surface area contributed by atoms with E-state index in [9.17, 15) is 18.0 Å². The van der Waals surface area contributed by atoms with Gasteiger partial charge in [-0.2, -0.15) is 13.2 Å². The smallest absolute Gasteiger partial charge is 0.362 e. The van der Waals surface area contributed by atoms with Gasteiger partial charge in [-0.3, -0.25) is 4.79 Å². The summed E-state index contributed by atoms with van der Waals surface area (Å²) in [5.74, 6) is 0. The van der Waals surface area contributed by atoms with E-state index in [1.807, 2.05) is 0 Å². The lowest BCUT2D eigenvalue weighted by Gasteiger charge is -2.26. The van der Waals surface area contributed by atoms with Gasteiger partial charge in [0.1, 0.15) is 6.54 Å². The summed E-state index contributed by atoms with van der Waals surface area (Å²) in [5.41, 5.74) is 0.425. The molecule has 1 aromatic carbocycles. The van der Waals surface area contributed by atoms with Crippen LogP contribution >= 0.6 is 11.6 Å². The minimum atomic E-state index is -4.32. The molecular formula is C12H13ClF3NO. The Labute approximate surface area is 108 Å². The lowest BCUT2D eigenvalue weighted by Crippen LogP contribution is -2.35. The van der Waals surface area contributed by atoms with Crippen LogP contribution in [-0.4, -0.2) is 25.6 Å². The first-order valence-corrected chi connectivity index (χ1v) is 5.81. The van der Waals surface area contributed by atoms with Gasteiger partial charge in [-0.15, -0.1) is 0 Å². The normalized spacial score (nSPS) is 11.4. The first-order chi connectivity index (χ1) is 8.37. The standard InChI is InChI=1S/C12H13ClF3NO/c1-2-5-17(8-12(14,15)16)11-6-10(13)4-3-9(11)7-18/h3-4,6-7H,2,5,8H2,1H3. The van der Waals surface area contributed by atoms with Crippen molar-refractivity contribution < 1.29 is 18.0 Å². The second-order valence-corrected chi connectivity index (χ2v) is 4.29. The summed E-state index contributed by atoms with van der Waals surface area (Å²) >= 11 is 5.77. The Bertz CT molecular complexity index is 420. The molecule has 0 N–H and O–H groups in total. The van der Waals surface area contributed by atoms with Crippen LogP contribution in [0.15, 0.2) is 18.2 Å². The van der Waals surface area contributed by atoms with Crippen molar-refractivity contribution in [2.24, 2.45) is 0 Å². The molecule has 0 aliphatic rings. The molecule has 6 heteroatoms. The highest BCUT2D eigenvalue weighted by atomic mass is 35.5. The van der Waals surface area contributed by atoms with Crippen LogP contribution in [0, 0.1) is 0 Å². The minimum Gasteiger partial charge on any atom is -0.362 e.